The maximum absolute atomic E-state index is 14.3. The largest absolute Gasteiger partial charge is 0.497 e. The fraction of sp³-hybridized carbons (Fsp3) is 0.212. The Kier molecular flexibility index (Phi) is 9.98. The molecule has 0 radical (unpaired) electrons. The Labute approximate surface area is 247 Å². The molecule has 1 N–H and O–H groups in total. The zero-order valence-electron chi connectivity index (χ0n) is 23.9. The van der Waals surface area contributed by atoms with Crippen molar-refractivity contribution < 1.29 is 22.7 Å². The van der Waals surface area contributed by atoms with Gasteiger partial charge in [-0.1, -0.05) is 78.4 Å². The van der Waals surface area contributed by atoms with Crippen molar-refractivity contribution in [2.45, 2.75) is 30.8 Å². The van der Waals surface area contributed by atoms with E-state index in [4.69, 9.17) is 4.74 Å². The van der Waals surface area contributed by atoms with E-state index in [1.165, 1.54) is 31.2 Å². The lowest BCUT2D eigenvalue weighted by Gasteiger charge is -2.33. The molecule has 8 nitrogen and oxygen atoms in total. The number of nitrogens with one attached hydrogen (secondary N) is 1. The van der Waals surface area contributed by atoms with E-state index in [-0.39, 0.29) is 23.8 Å². The summed E-state index contributed by atoms with van der Waals surface area (Å²) in [4.78, 5) is 29.0. The van der Waals surface area contributed by atoms with Crippen LogP contribution >= 0.6 is 0 Å². The van der Waals surface area contributed by atoms with Gasteiger partial charge >= 0.3 is 0 Å². The summed E-state index contributed by atoms with van der Waals surface area (Å²) in [6.07, 6.45) is 0.256. The minimum absolute atomic E-state index is 0.0541. The Bertz CT molecular complexity index is 1580. The minimum atomic E-state index is -4.16. The molecule has 0 heterocycles. The number of hydrogen-bond donors (Lipinski definition) is 1. The quantitative estimate of drug-likeness (QED) is 0.263. The lowest BCUT2D eigenvalue weighted by Crippen LogP contribution is -2.53. The van der Waals surface area contributed by atoms with Crippen molar-refractivity contribution in [2.75, 3.05) is 25.0 Å². The number of rotatable bonds is 12. The molecule has 0 saturated carbocycles. The number of benzene rings is 4. The Balaban J connectivity index is 1.77. The van der Waals surface area contributed by atoms with Crippen LogP contribution in [0.25, 0.3) is 0 Å². The summed E-state index contributed by atoms with van der Waals surface area (Å²) in [5, 5.41) is 2.69. The molecule has 4 aromatic carbocycles. The second-order valence-electron chi connectivity index (χ2n) is 9.85. The average Bonchev–Trinajstić information content (AvgIpc) is 3.02. The second-order valence-corrected chi connectivity index (χ2v) is 11.7. The summed E-state index contributed by atoms with van der Waals surface area (Å²) in [7, 11) is -1.11. The number of methoxy groups -OCH3 is 1. The third kappa shape index (κ3) is 7.36. The molecule has 0 fully saturated rings. The third-order valence-electron chi connectivity index (χ3n) is 6.96. The predicted octanol–water partition coefficient (Wildman–Crippen LogP) is 4.59. The van der Waals surface area contributed by atoms with Crippen LogP contribution in [0.15, 0.2) is 114 Å². The number of amides is 2. The topological polar surface area (TPSA) is 96.0 Å². The Morgan fingerprint density at radius 1 is 0.810 bits per heavy atom. The van der Waals surface area contributed by atoms with E-state index in [0.717, 1.165) is 21.0 Å². The highest BCUT2D eigenvalue weighted by atomic mass is 32.2. The van der Waals surface area contributed by atoms with Crippen molar-refractivity contribution in [3.05, 3.63) is 126 Å². The van der Waals surface area contributed by atoms with Crippen molar-refractivity contribution in [3.8, 4) is 5.75 Å². The smallest absolute Gasteiger partial charge is 0.264 e. The summed E-state index contributed by atoms with van der Waals surface area (Å²) in [6, 6.07) is 30.8. The first-order valence-corrected chi connectivity index (χ1v) is 15.0. The molecule has 0 aliphatic rings. The number of sulfonamides is 1. The highest BCUT2D eigenvalue weighted by Crippen LogP contribution is 2.27. The summed E-state index contributed by atoms with van der Waals surface area (Å²) >= 11 is 0. The molecule has 218 valence electrons. The van der Waals surface area contributed by atoms with Gasteiger partial charge < -0.3 is 15.0 Å². The highest BCUT2D eigenvalue weighted by Gasteiger charge is 2.34. The van der Waals surface area contributed by atoms with E-state index in [1.54, 1.807) is 36.4 Å². The zero-order chi connectivity index (χ0) is 30.1. The fourth-order valence-electron chi connectivity index (χ4n) is 4.62. The van der Waals surface area contributed by atoms with Gasteiger partial charge in [-0.15, -0.1) is 0 Å². The first kappa shape index (κ1) is 30.3. The Hall–Kier alpha value is -4.63. The second kappa shape index (κ2) is 13.8. The van der Waals surface area contributed by atoms with Crippen LogP contribution in [0, 0.1) is 6.92 Å². The summed E-state index contributed by atoms with van der Waals surface area (Å²) < 4.78 is 34.4. The minimum Gasteiger partial charge on any atom is -0.497 e. The SMILES string of the molecule is CNC(=O)[C@@H](Cc1ccccc1)N(Cc1ccccc1)C(=O)CN(c1ccc(OC)cc1)S(=O)(=O)c1ccc(C)cc1. The number of carbonyl (C=O) groups excluding carboxylic acids is 2. The van der Waals surface area contributed by atoms with Gasteiger partial charge in [0.05, 0.1) is 17.7 Å². The van der Waals surface area contributed by atoms with Gasteiger partial charge in [0.2, 0.25) is 11.8 Å². The van der Waals surface area contributed by atoms with E-state index in [2.05, 4.69) is 5.32 Å². The predicted molar refractivity (Wildman–Crippen MR) is 164 cm³/mol. The van der Waals surface area contributed by atoms with Crippen molar-refractivity contribution in [2.24, 2.45) is 0 Å². The van der Waals surface area contributed by atoms with E-state index in [1.807, 2.05) is 67.6 Å². The highest BCUT2D eigenvalue weighted by molar-refractivity contribution is 7.92. The number of ether oxygens (including phenoxy) is 1. The van der Waals surface area contributed by atoms with Crippen LogP contribution in [0.4, 0.5) is 5.69 Å². The van der Waals surface area contributed by atoms with Gasteiger partial charge in [-0.3, -0.25) is 13.9 Å². The Morgan fingerprint density at radius 2 is 1.38 bits per heavy atom. The molecule has 42 heavy (non-hydrogen) atoms. The summed E-state index contributed by atoms with van der Waals surface area (Å²) in [6.45, 7) is 1.47. The monoisotopic (exact) mass is 585 g/mol. The van der Waals surface area contributed by atoms with Crippen LogP contribution in [0.2, 0.25) is 0 Å². The van der Waals surface area contributed by atoms with Crippen LogP contribution < -0.4 is 14.4 Å². The maximum atomic E-state index is 14.3. The molecule has 0 aromatic heterocycles. The van der Waals surface area contributed by atoms with Gasteiger partial charge in [0, 0.05) is 20.0 Å². The van der Waals surface area contributed by atoms with Gasteiger partial charge in [0.15, 0.2) is 0 Å². The molecule has 0 saturated heterocycles. The first-order chi connectivity index (χ1) is 20.2. The van der Waals surface area contributed by atoms with Gasteiger partial charge in [-0.25, -0.2) is 8.42 Å². The molecular weight excluding hydrogens is 550 g/mol. The molecule has 9 heteroatoms. The molecule has 4 aromatic rings. The first-order valence-electron chi connectivity index (χ1n) is 13.6. The Morgan fingerprint density at radius 3 is 1.93 bits per heavy atom. The van der Waals surface area contributed by atoms with Crippen LogP contribution in [0.5, 0.6) is 5.75 Å². The van der Waals surface area contributed by atoms with E-state index in [0.29, 0.717) is 11.4 Å². The van der Waals surface area contributed by atoms with Gasteiger partial charge in [0.1, 0.15) is 18.3 Å². The van der Waals surface area contributed by atoms with Gasteiger partial charge in [-0.05, 0) is 54.4 Å². The maximum Gasteiger partial charge on any atom is 0.264 e. The molecule has 0 aliphatic heterocycles. The molecular formula is C33H35N3O5S. The van der Waals surface area contributed by atoms with E-state index in [9.17, 15) is 18.0 Å². The summed E-state index contributed by atoms with van der Waals surface area (Å²) in [5.41, 5.74) is 2.88. The molecule has 0 unspecified atom stereocenters. The normalized spacial score (nSPS) is 11.8. The van der Waals surface area contributed by atoms with Crippen LogP contribution in [0.1, 0.15) is 16.7 Å². The number of nitrogens with zero attached hydrogens (tertiary/aromatic N) is 2. The number of likely N-dealkylation sites (N-methyl/N-ethyl adjacent to an activating group) is 1. The van der Waals surface area contributed by atoms with Crippen molar-refractivity contribution in [1.82, 2.24) is 10.2 Å². The fourth-order valence-corrected chi connectivity index (χ4v) is 6.03. The van der Waals surface area contributed by atoms with Crippen LogP contribution in [-0.2, 0) is 32.6 Å². The number of carbonyl (C=O) groups is 2. The third-order valence-corrected chi connectivity index (χ3v) is 8.75. The van der Waals surface area contributed by atoms with E-state index < -0.39 is 28.5 Å². The lowest BCUT2D eigenvalue weighted by molar-refractivity contribution is -0.139. The molecule has 2 amide bonds. The van der Waals surface area contributed by atoms with Crippen molar-refractivity contribution in [3.63, 3.8) is 0 Å². The standard InChI is InChI=1S/C33H35N3O5S/c1-25-14-20-30(21-15-25)42(39,40)36(28-16-18-29(41-3)19-17-28)24-32(37)35(23-27-12-8-5-9-13-27)31(33(38)34-2)22-26-10-6-4-7-11-26/h4-21,31H,22-24H2,1-3H3,(H,34,38)/t31-/m1/s1. The lowest BCUT2D eigenvalue weighted by atomic mass is 10.0. The van der Waals surface area contributed by atoms with Crippen LogP contribution in [-0.4, -0.2) is 51.9 Å². The molecule has 0 aliphatic carbocycles. The van der Waals surface area contributed by atoms with Crippen molar-refractivity contribution >= 4 is 27.5 Å². The van der Waals surface area contributed by atoms with Crippen LogP contribution in [0.3, 0.4) is 0 Å². The number of aryl methyl sites for hydroxylation is 1. The molecule has 1 atom stereocenters. The van der Waals surface area contributed by atoms with Crippen molar-refractivity contribution in [1.29, 1.82) is 0 Å². The van der Waals surface area contributed by atoms with Gasteiger partial charge in [0.25, 0.3) is 10.0 Å². The molecule has 0 bridgehead atoms. The molecule has 4 rings (SSSR count). The van der Waals surface area contributed by atoms with E-state index >= 15 is 0 Å². The number of hydrogen-bond acceptors (Lipinski definition) is 5. The number of anilines is 1. The summed E-state index contributed by atoms with van der Waals surface area (Å²) in [5.74, 6) is -0.318. The van der Waals surface area contributed by atoms with Gasteiger partial charge in [-0.2, -0.15) is 0 Å². The molecule has 0 spiro atoms. The zero-order valence-corrected chi connectivity index (χ0v) is 24.8. The average molecular weight is 586 g/mol.